The second-order valence-corrected chi connectivity index (χ2v) is 14.5. The number of phosphoric ester groups is 2. The fourth-order valence-electron chi connectivity index (χ4n) is 2.22. The molecule has 0 aromatic rings. The average molecular weight is 874 g/mol. The van der Waals surface area contributed by atoms with E-state index in [1.807, 2.05) is 0 Å². The lowest BCUT2D eigenvalue weighted by Gasteiger charge is -2.42. The largest absolute Gasteiger partial charge is 0.474 e. The molecule has 2 aliphatic heterocycles. The highest BCUT2D eigenvalue weighted by Gasteiger charge is 2.51. The number of halogens is 6. The van der Waals surface area contributed by atoms with Crippen molar-refractivity contribution >= 4 is 111 Å². The maximum Gasteiger partial charge on any atom is 0.474 e. The number of alkyl halides is 6. The smallest absolute Gasteiger partial charge is 0.286 e. The Morgan fingerprint density at radius 3 is 1.10 bits per heavy atom. The molecule has 0 radical (unpaired) electrons. The van der Waals surface area contributed by atoms with Gasteiger partial charge >= 0.3 is 15.6 Å². The molecule has 0 saturated carbocycles. The lowest BCUT2D eigenvalue weighted by molar-refractivity contribution is -0.0983. The predicted octanol–water partition coefficient (Wildman–Crippen LogP) is 6.66. The van der Waals surface area contributed by atoms with Crippen LogP contribution >= 0.6 is 111 Å². The summed E-state index contributed by atoms with van der Waals surface area (Å²) >= 11 is 20.7. The van der Waals surface area contributed by atoms with Crippen LogP contribution in [0, 0.1) is 16.2 Å². The number of phosphoric acid groups is 2. The molecule has 2 aliphatic rings. The zero-order chi connectivity index (χ0) is 23.2. The van der Waals surface area contributed by atoms with E-state index in [1.54, 1.807) is 0 Å². The third-order valence-corrected chi connectivity index (χ3v) is 14.7. The van der Waals surface area contributed by atoms with Gasteiger partial charge in [-0.15, -0.1) is 0 Å². The highest BCUT2D eigenvalue weighted by atomic mass is 79.9. The topological polar surface area (TPSA) is 89.5 Å². The molecule has 8 nitrogen and oxygen atoms in total. The van der Waals surface area contributed by atoms with Gasteiger partial charge in [-0.3, -0.25) is 27.1 Å². The molecule has 0 amide bonds. The van der Waals surface area contributed by atoms with E-state index in [4.69, 9.17) is 27.1 Å². The number of hydrogen-bond acceptors (Lipinski definition) is 8. The van der Waals surface area contributed by atoms with Crippen LogP contribution in [-0.2, 0) is 36.3 Å². The van der Waals surface area contributed by atoms with Crippen molar-refractivity contribution in [2.45, 2.75) is 0 Å². The molecule has 0 aromatic carbocycles. The molecule has 2 fully saturated rings. The summed E-state index contributed by atoms with van der Waals surface area (Å²) in [6.07, 6.45) is 0. The molecular weight excluding hydrogens is 850 g/mol. The molecule has 2 saturated heterocycles. The maximum atomic E-state index is 12.8. The van der Waals surface area contributed by atoms with Gasteiger partial charge in [-0.25, -0.2) is 9.13 Å². The molecular formula is C15H24Br6O8P2. The first-order valence-electron chi connectivity index (χ1n) is 9.04. The van der Waals surface area contributed by atoms with Gasteiger partial charge in [-0.2, -0.15) is 0 Å². The van der Waals surface area contributed by atoms with Gasteiger partial charge in [-0.05, 0) is 0 Å². The van der Waals surface area contributed by atoms with Crippen molar-refractivity contribution in [2.24, 2.45) is 16.2 Å². The standard InChI is InChI=1S/C15H24Br6O8P2/c16-1-13(2-17,3-18)7-24-30(22)26-9-15(10-27-30)11-28-31(23,29-12-15)25-8-14(4-19,5-20)6-21/h1-12H2. The molecule has 0 unspecified atom stereocenters. The van der Waals surface area contributed by atoms with Crippen molar-refractivity contribution < 1.29 is 36.3 Å². The second kappa shape index (κ2) is 13.1. The molecule has 16 heteroatoms. The van der Waals surface area contributed by atoms with Crippen molar-refractivity contribution in [3.63, 3.8) is 0 Å². The minimum Gasteiger partial charge on any atom is -0.286 e. The van der Waals surface area contributed by atoms with Crippen LogP contribution in [0.25, 0.3) is 0 Å². The molecule has 1 spiro atoms. The van der Waals surface area contributed by atoms with Crippen molar-refractivity contribution in [1.82, 2.24) is 0 Å². The summed E-state index contributed by atoms with van der Waals surface area (Å²) in [7, 11) is -7.42. The molecule has 0 N–H and O–H groups in total. The molecule has 0 bridgehead atoms. The van der Waals surface area contributed by atoms with Gasteiger partial charge in [0.25, 0.3) is 0 Å². The lowest BCUT2D eigenvalue weighted by Crippen LogP contribution is -2.46. The van der Waals surface area contributed by atoms with Gasteiger partial charge in [0.05, 0.1) is 45.1 Å². The third-order valence-electron chi connectivity index (χ3n) is 4.87. The zero-order valence-electron chi connectivity index (χ0n) is 16.4. The summed E-state index contributed by atoms with van der Waals surface area (Å²) in [5, 5.41) is 3.82. The van der Waals surface area contributed by atoms with Crippen molar-refractivity contribution in [3.05, 3.63) is 0 Å². The Labute approximate surface area is 233 Å². The first kappa shape index (κ1) is 30.3. The van der Waals surface area contributed by atoms with E-state index in [-0.39, 0.29) is 50.5 Å². The van der Waals surface area contributed by atoms with E-state index >= 15 is 0 Å². The van der Waals surface area contributed by atoms with Crippen LogP contribution in [0.3, 0.4) is 0 Å². The van der Waals surface area contributed by atoms with Crippen LogP contribution in [0.2, 0.25) is 0 Å². The van der Waals surface area contributed by atoms with Crippen molar-refractivity contribution in [1.29, 1.82) is 0 Å². The van der Waals surface area contributed by atoms with E-state index in [0.29, 0.717) is 32.0 Å². The molecule has 2 heterocycles. The first-order valence-corrected chi connectivity index (χ1v) is 18.7. The summed E-state index contributed by atoms with van der Waals surface area (Å²) in [5.41, 5.74) is -1.33. The van der Waals surface area contributed by atoms with Crippen molar-refractivity contribution in [2.75, 3.05) is 71.6 Å². The average Bonchev–Trinajstić information content (AvgIpc) is 2.81. The number of hydrogen-bond donors (Lipinski definition) is 0. The summed E-state index contributed by atoms with van der Waals surface area (Å²) in [6, 6.07) is 0. The summed E-state index contributed by atoms with van der Waals surface area (Å²) in [5.74, 6) is 0. The zero-order valence-corrected chi connectivity index (χ0v) is 27.7. The Morgan fingerprint density at radius 1 is 0.613 bits per heavy atom. The molecule has 0 atom stereocenters. The van der Waals surface area contributed by atoms with E-state index in [2.05, 4.69) is 95.6 Å². The molecule has 0 aliphatic carbocycles. The van der Waals surface area contributed by atoms with Crippen LogP contribution in [-0.4, -0.2) is 71.6 Å². The molecule has 184 valence electrons. The Bertz CT molecular complexity index is 578. The SMILES string of the molecule is O=P1(OCC(CBr)(CBr)CBr)OCC2(CO1)COP(=O)(OCC(CBr)(CBr)CBr)OC2. The van der Waals surface area contributed by atoms with E-state index in [0.717, 1.165) is 0 Å². The van der Waals surface area contributed by atoms with Gasteiger partial charge in [0, 0.05) is 42.8 Å². The van der Waals surface area contributed by atoms with E-state index in [1.165, 1.54) is 0 Å². The monoisotopic (exact) mass is 868 g/mol. The highest BCUT2D eigenvalue weighted by Crippen LogP contribution is 2.60. The summed E-state index contributed by atoms with van der Waals surface area (Å²) < 4.78 is 58.6. The maximum absolute atomic E-state index is 12.8. The Balaban J connectivity index is 1.88. The summed E-state index contributed by atoms with van der Waals surface area (Å²) in [6.45, 7) is 0.465. The second-order valence-electron chi connectivity index (χ2n) is 7.84. The van der Waals surface area contributed by atoms with Crippen LogP contribution < -0.4 is 0 Å². The lowest BCUT2D eigenvalue weighted by atomic mass is 9.93. The van der Waals surface area contributed by atoms with Gasteiger partial charge in [0.15, 0.2) is 0 Å². The minimum atomic E-state index is -3.71. The fraction of sp³-hybridized carbons (Fsp3) is 1.00. The van der Waals surface area contributed by atoms with Crippen LogP contribution in [0.4, 0.5) is 0 Å². The van der Waals surface area contributed by atoms with E-state index in [9.17, 15) is 9.13 Å². The number of rotatable bonds is 12. The van der Waals surface area contributed by atoms with Gasteiger partial charge < -0.3 is 0 Å². The Hall–Kier alpha value is 3.10. The molecule has 31 heavy (non-hydrogen) atoms. The van der Waals surface area contributed by atoms with Crippen LogP contribution in [0.5, 0.6) is 0 Å². The van der Waals surface area contributed by atoms with Gasteiger partial charge in [0.1, 0.15) is 0 Å². The van der Waals surface area contributed by atoms with E-state index < -0.39 is 21.1 Å². The highest BCUT2D eigenvalue weighted by molar-refractivity contribution is 9.10. The Morgan fingerprint density at radius 2 is 0.871 bits per heavy atom. The van der Waals surface area contributed by atoms with Crippen molar-refractivity contribution in [3.8, 4) is 0 Å². The molecule has 0 aromatic heterocycles. The van der Waals surface area contributed by atoms with Gasteiger partial charge in [-0.1, -0.05) is 95.6 Å². The quantitative estimate of drug-likeness (QED) is 0.159. The minimum absolute atomic E-state index is 0.0301. The normalized spacial score (nSPS) is 32.5. The summed E-state index contributed by atoms with van der Waals surface area (Å²) in [4.78, 5) is 0. The third kappa shape index (κ3) is 8.04. The van der Waals surface area contributed by atoms with Crippen LogP contribution in [0.15, 0.2) is 0 Å². The Kier molecular flexibility index (Phi) is 12.8. The predicted molar refractivity (Wildman–Crippen MR) is 141 cm³/mol. The first-order chi connectivity index (χ1) is 14.6. The molecule has 2 rings (SSSR count). The fourth-order valence-corrected chi connectivity index (χ4v) is 11.8. The van der Waals surface area contributed by atoms with Crippen LogP contribution in [0.1, 0.15) is 0 Å². The van der Waals surface area contributed by atoms with Gasteiger partial charge in [0.2, 0.25) is 0 Å².